The van der Waals surface area contributed by atoms with E-state index in [9.17, 15) is 14.9 Å². The van der Waals surface area contributed by atoms with E-state index in [1.165, 1.54) is 17.8 Å². The van der Waals surface area contributed by atoms with Crippen LogP contribution in [0.1, 0.15) is 15.9 Å². The van der Waals surface area contributed by atoms with Crippen LogP contribution >= 0.6 is 23.4 Å². The summed E-state index contributed by atoms with van der Waals surface area (Å²) < 4.78 is 0. The molecule has 0 aliphatic carbocycles. The molecule has 2 N–H and O–H groups in total. The summed E-state index contributed by atoms with van der Waals surface area (Å²) in [5.74, 6) is -0.350. The number of nitrogens with one attached hydrogen (secondary N) is 2. The van der Waals surface area contributed by atoms with Crippen LogP contribution in [0.3, 0.4) is 0 Å². The number of benzene rings is 3. The minimum Gasteiger partial charge on any atom is -0.361 e. The van der Waals surface area contributed by atoms with Crippen LogP contribution in [0.4, 0.5) is 5.69 Å². The number of nitrogens with zero attached hydrogens (tertiary/aromatic N) is 1. The Morgan fingerprint density at radius 2 is 1.84 bits per heavy atom. The number of hydrogen-bond donors (Lipinski definition) is 2. The second kappa shape index (κ2) is 9.24. The molecule has 31 heavy (non-hydrogen) atoms. The molecule has 0 radical (unpaired) electrons. The third-order valence-corrected chi connectivity index (χ3v) is 6.41. The Bertz CT molecular complexity index is 1270. The Morgan fingerprint density at radius 3 is 2.65 bits per heavy atom. The Balaban J connectivity index is 1.46. The van der Waals surface area contributed by atoms with Crippen molar-refractivity contribution in [3.63, 3.8) is 0 Å². The highest BCUT2D eigenvalue weighted by molar-refractivity contribution is 7.99. The van der Waals surface area contributed by atoms with E-state index in [2.05, 4.69) is 10.3 Å². The molecule has 156 valence electrons. The number of para-hydroxylation sites is 1. The molecule has 0 unspecified atom stereocenters. The Kier molecular flexibility index (Phi) is 6.25. The first-order valence-corrected chi connectivity index (χ1v) is 10.8. The highest BCUT2D eigenvalue weighted by Gasteiger charge is 2.19. The smallest absolute Gasteiger partial charge is 0.284 e. The maximum atomic E-state index is 12.6. The van der Waals surface area contributed by atoms with E-state index in [4.69, 9.17) is 11.6 Å². The van der Waals surface area contributed by atoms with E-state index in [1.807, 2.05) is 36.5 Å². The maximum Gasteiger partial charge on any atom is 0.284 e. The molecular formula is C23H18ClN3O3S. The van der Waals surface area contributed by atoms with Gasteiger partial charge in [-0.05, 0) is 42.3 Å². The molecule has 0 atom stereocenters. The van der Waals surface area contributed by atoms with Gasteiger partial charge in [-0.1, -0.05) is 53.7 Å². The van der Waals surface area contributed by atoms with E-state index < -0.39 is 4.92 Å². The summed E-state index contributed by atoms with van der Waals surface area (Å²) in [5, 5.41) is 16.1. The zero-order valence-corrected chi connectivity index (χ0v) is 17.9. The summed E-state index contributed by atoms with van der Waals surface area (Å²) in [7, 11) is 0. The van der Waals surface area contributed by atoms with E-state index >= 15 is 0 Å². The molecule has 4 aromatic rings. The average Bonchev–Trinajstić information content (AvgIpc) is 3.18. The number of nitro groups is 1. The van der Waals surface area contributed by atoms with Gasteiger partial charge >= 0.3 is 0 Å². The fraction of sp³-hybridized carbons (Fsp3) is 0.0870. The first kappa shape index (κ1) is 21.0. The molecule has 1 heterocycles. The zero-order chi connectivity index (χ0) is 21.8. The second-order valence-electron chi connectivity index (χ2n) is 6.84. The molecule has 0 spiro atoms. The van der Waals surface area contributed by atoms with Gasteiger partial charge in [-0.15, -0.1) is 0 Å². The summed E-state index contributed by atoms with van der Waals surface area (Å²) in [4.78, 5) is 28.0. The quantitative estimate of drug-likeness (QED) is 0.272. The molecule has 0 aliphatic heterocycles. The molecule has 0 saturated carbocycles. The third kappa shape index (κ3) is 4.73. The predicted octanol–water partition coefficient (Wildman–Crippen LogP) is 5.85. The fourth-order valence-corrected chi connectivity index (χ4v) is 4.46. The topological polar surface area (TPSA) is 88.0 Å². The highest BCUT2D eigenvalue weighted by Crippen LogP contribution is 2.38. The third-order valence-electron chi connectivity index (χ3n) is 4.83. The number of aromatic nitrogens is 1. The molecule has 0 aliphatic rings. The lowest BCUT2D eigenvalue weighted by atomic mass is 10.1. The lowest BCUT2D eigenvalue weighted by Crippen LogP contribution is -2.25. The number of carbonyl (C=O) groups excluding carboxylic acids is 1. The average molecular weight is 452 g/mol. The van der Waals surface area contributed by atoms with Crippen LogP contribution in [0.25, 0.3) is 10.9 Å². The van der Waals surface area contributed by atoms with Crippen molar-refractivity contribution in [3.8, 4) is 0 Å². The lowest BCUT2D eigenvalue weighted by molar-refractivity contribution is -0.387. The van der Waals surface area contributed by atoms with Crippen LogP contribution < -0.4 is 5.32 Å². The number of halogens is 1. The predicted molar refractivity (Wildman–Crippen MR) is 123 cm³/mol. The Morgan fingerprint density at radius 1 is 1.06 bits per heavy atom. The Hall–Kier alpha value is -3.29. The Labute approximate surface area is 187 Å². The van der Waals surface area contributed by atoms with Crippen molar-refractivity contribution in [2.75, 3.05) is 6.54 Å². The summed E-state index contributed by atoms with van der Waals surface area (Å²) in [6.45, 7) is 0.421. The van der Waals surface area contributed by atoms with Crippen LogP contribution in [0, 0.1) is 10.1 Å². The van der Waals surface area contributed by atoms with Gasteiger partial charge in [-0.3, -0.25) is 14.9 Å². The molecule has 6 nitrogen and oxygen atoms in total. The van der Waals surface area contributed by atoms with Crippen molar-refractivity contribution in [3.05, 3.63) is 99.2 Å². The number of amides is 1. The molecule has 0 saturated heterocycles. The number of H-pyrrole nitrogens is 1. The molecule has 0 bridgehead atoms. The molecule has 1 aromatic heterocycles. The van der Waals surface area contributed by atoms with Gasteiger partial charge in [0.2, 0.25) is 0 Å². The number of carbonyl (C=O) groups is 1. The number of aromatic amines is 1. The number of nitro benzene ring substituents is 1. The molecule has 3 aromatic carbocycles. The minimum atomic E-state index is -0.484. The first-order valence-electron chi connectivity index (χ1n) is 9.57. The lowest BCUT2D eigenvalue weighted by Gasteiger charge is -2.08. The summed E-state index contributed by atoms with van der Waals surface area (Å²) in [6.07, 6.45) is 2.58. The van der Waals surface area contributed by atoms with E-state index in [1.54, 1.807) is 30.3 Å². The van der Waals surface area contributed by atoms with Crippen LogP contribution in [-0.4, -0.2) is 22.4 Å². The van der Waals surface area contributed by atoms with Crippen molar-refractivity contribution in [2.24, 2.45) is 0 Å². The van der Waals surface area contributed by atoms with Gasteiger partial charge in [0.1, 0.15) is 0 Å². The van der Waals surface area contributed by atoms with Crippen molar-refractivity contribution in [2.45, 2.75) is 16.2 Å². The first-order chi connectivity index (χ1) is 15.0. The second-order valence-corrected chi connectivity index (χ2v) is 8.33. The van der Waals surface area contributed by atoms with Crippen LogP contribution in [-0.2, 0) is 6.42 Å². The SMILES string of the molecule is O=C(NCCc1c[nH]c2ccccc12)c1ccc(Sc2ccccc2Cl)c([N+](=O)[O-])c1. The summed E-state index contributed by atoms with van der Waals surface area (Å²) in [6, 6.07) is 19.6. The van der Waals surface area contributed by atoms with Gasteiger partial charge in [-0.25, -0.2) is 0 Å². The largest absolute Gasteiger partial charge is 0.361 e. The highest BCUT2D eigenvalue weighted by atomic mass is 35.5. The van der Waals surface area contributed by atoms with Crippen molar-refractivity contribution >= 4 is 45.9 Å². The zero-order valence-electron chi connectivity index (χ0n) is 16.3. The van der Waals surface area contributed by atoms with Crippen LogP contribution in [0.15, 0.2) is 82.7 Å². The van der Waals surface area contributed by atoms with E-state index in [-0.39, 0.29) is 17.2 Å². The monoisotopic (exact) mass is 451 g/mol. The molecule has 0 fully saturated rings. The molecule has 1 amide bonds. The van der Waals surface area contributed by atoms with Gasteiger partial charge in [0.15, 0.2) is 0 Å². The minimum absolute atomic E-state index is 0.130. The van der Waals surface area contributed by atoms with Crippen molar-refractivity contribution in [1.82, 2.24) is 10.3 Å². The molecule has 8 heteroatoms. The fourth-order valence-electron chi connectivity index (χ4n) is 3.28. The van der Waals surface area contributed by atoms with E-state index in [0.29, 0.717) is 27.8 Å². The van der Waals surface area contributed by atoms with Gasteiger partial charge < -0.3 is 10.3 Å². The van der Waals surface area contributed by atoms with Gasteiger partial charge in [-0.2, -0.15) is 0 Å². The molecule has 4 rings (SSSR count). The maximum absolute atomic E-state index is 12.6. The summed E-state index contributed by atoms with van der Waals surface area (Å²) in [5.41, 5.74) is 2.27. The van der Waals surface area contributed by atoms with Crippen molar-refractivity contribution in [1.29, 1.82) is 0 Å². The number of rotatable bonds is 7. The number of fused-ring (bicyclic) bond motifs is 1. The molecular weight excluding hydrogens is 434 g/mol. The van der Waals surface area contributed by atoms with E-state index in [0.717, 1.165) is 16.5 Å². The number of hydrogen-bond acceptors (Lipinski definition) is 4. The van der Waals surface area contributed by atoms with Gasteiger partial charge in [0, 0.05) is 40.2 Å². The van der Waals surface area contributed by atoms with Crippen molar-refractivity contribution < 1.29 is 9.72 Å². The van der Waals surface area contributed by atoms with Crippen LogP contribution in [0.2, 0.25) is 5.02 Å². The van der Waals surface area contributed by atoms with Gasteiger partial charge in [0.25, 0.3) is 11.6 Å². The van der Waals surface area contributed by atoms with Crippen LogP contribution in [0.5, 0.6) is 0 Å². The summed E-state index contributed by atoms with van der Waals surface area (Å²) >= 11 is 7.36. The normalized spacial score (nSPS) is 10.9. The standard InChI is InChI=1S/C23H18ClN3O3S/c24-18-6-2-4-8-21(18)31-22-10-9-15(13-20(22)27(29)30)23(28)25-12-11-16-14-26-19-7-3-1-5-17(16)19/h1-10,13-14,26H,11-12H2,(H,25,28). The van der Waals surface area contributed by atoms with Gasteiger partial charge in [0.05, 0.1) is 14.8 Å².